The SMILES string of the molecule is Cc1ccc(O)c(C)c1NC(=O)c1cnc(NC(=O)c2ccc(F)c(Cl)c2)s1. The molecule has 0 aliphatic carbocycles. The first-order valence-electron chi connectivity index (χ1n) is 8.09. The highest BCUT2D eigenvalue weighted by atomic mass is 35.5. The maximum atomic E-state index is 13.2. The zero-order chi connectivity index (χ0) is 20.4. The number of phenols is 1. The van der Waals surface area contributed by atoms with Gasteiger partial charge < -0.3 is 10.4 Å². The first kappa shape index (κ1) is 19.8. The predicted molar refractivity (Wildman–Crippen MR) is 107 cm³/mol. The molecule has 3 aromatic rings. The van der Waals surface area contributed by atoms with Crippen molar-refractivity contribution >= 4 is 45.6 Å². The molecule has 3 N–H and O–H groups in total. The minimum absolute atomic E-state index is 0.0797. The van der Waals surface area contributed by atoms with Crippen molar-refractivity contribution in [3.63, 3.8) is 0 Å². The Balaban J connectivity index is 1.73. The lowest BCUT2D eigenvalue weighted by molar-refractivity contribution is 0.102. The van der Waals surface area contributed by atoms with Crippen LogP contribution in [0, 0.1) is 19.7 Å². The molecule has 9 heteroatoms. The molecule has 1 aromatic heterocycles. The molecule has 0 radical (unpaired) electrons. The van der Waals surface area contributed by atoms with Crippen LogP contribution in [0.1, 0.15) is 31.2 Å². The molecule has 2 aromatic carbocycles. The topological polar surface area (TPSA) is 91.3 Å². The van der Waals surface area contributed by atoms with Crippen molar-refractivity contribution < 1.29 is 19.1 Å². The fourth-order valence-corrected chi connectivity index (χ4v) is 3.33. The number of rotatable bonds is 4. The first-order valence-corrected chi connectivity index (χ1v) is 9.28. The number of carbonyl (C=O) groups excluding carboxylic acids is 2. The van der Waals surface area contributed by atoms with E-state index in [4.69, 9.17) is 11.6 Å². The van der Waals surface area contributed by atoms with Gasteiger partial charge in [0.2, 0.25) is 0 Å². The van der Waals surface area contributed by atoms with E-state index in [9.17, 15) is 19.1 Å². The van der Waals surface area contributed by atoms with E-state index in [2.05, 4.69) is 15.6 Å². The number of nitrogens with one attached hydrogen (secondary N) is 2. The van der Waals surface area contributed by atoms with Gasteiger partial charge in [0.05, 0.1) is 16.9 Å². The number of hydrogen-bond donors (Lipinski definition) is 3. The van der Waals surface area contributed by atoms with Gasteiger partial charge in [-0.25, -0.2) is 9.37 Å². The standard InChI is InChI=1S/C19H15ClFN3O3S/c1-9-3-6-14(25)10(2)16(9)23-18(27)15-8-22-19(28-15)24-17(26)11-4-5-13(21)12(20)7-11/h3-8,25H,1-2H3,(H,23,27)(H,22,24,26). The molecule has 0 aliphatic rings. The number of hydrogen-bond acceptors (Lipinski definition) is 5. The molecule has 2 amide bonds. The third kappa shape index (κ3) is 4.13. The van der Waals surface area contributed by atoms with E-state index in [1.165, 1.54) is 18.3 Å². The van der Waals surface area contributed by atoms with Gasteiger partial charge in [0.15, 0.2) is 5.13 Å². The summed E-state index contributed by atoms with van der Waals surface area (Å²) in [4.78, 5) is 29.0. The van der Waals surface area contributed by atoms with Gasteiger partial charge in [0.25, 0.3) is 11.8 Å². The Morgan fingerprint density at radius 2 is 1.89 bits per heavy atom. The van der Waals surface area contributed by atoms with Crippen molar-refractivity contribution in [1.29, 1.82) is 0 Å². The average molecular weight is 420 g/mol. The number of nitrogens with zero attached hydrogens (tertiary/aromatic N) is 1. The molecule has 0 unspecified atom stereocenters. The Morgan fingerprint density at radius 3 is 2.61 bits per heavy atom. The lowest BCUT2D eigenvalue weighted by Gasteiger charge is -2.11. The molecule has 144 valence electrons. The van der Waals surface area contributed by atoms with Gasteiger partial charge in [-0.05, 0) is 43.7 Å². The summed E-state index contributed by atoms with van der Waals surface area (Å²) in [5.41, 5.74) is 2.04. The summed E-state index contributed by atoms with van der Waals surface area (Å²) in [6, 6.07) is 6.86. The van der Waals surface area contributed by atoms with Crippen LogP contribution >= 0.6 is 22.9 Å². The minimum Gasteiger partial charge on any atom is -0.508 e. The second kappa shape index (κ2) is 7.95. The van der Waals surface area contributed by atoms with E-state index in [0.29, 0.717) is 11.3 Å². The van der Waals surface area contributed by atoms with E-state index in [1.807, 2.05) is 6.92 Å². The second-order valence-corrected chi connectivity index (χ2v) is 7.41. The second-order valence-electron chi connectivity index (χ2n) is 5.97. The number of amides is 2. The van der Waals surface area contributed by atoms with Gasteiger partial charge in [-0.2, -0.15) is 0 Å². The van der Waals surface area contributed by atoms with Crippen molar-refractivity contribution in [3.05, 3.63) is 68.9 Å². The van der Waals surface area contributed by atoms with Crippen molar-refractivity contribution in [1.82, 2.24) is 4.98 Å². The van der Waals surface area contributed by atoms with E-state index >= 15 is 0 Å². The summed E-state index contributed by atoms with van der Waals surface area (Å²) in [6.07, 6.45) is 1.33. The van der Waals surface area contributed by atoms with Crippen LogP contribution in [0.3, 0.4) is 0 Å². The zero-order valence-electron chi connectivity index (χ0n) is 14.8. The number of carbonyl (C=O) groups is 2. The summed E-state index contributed by atoms with van der Waals surface area (Å²) in [5, 5.41) is 15.2. The Morgan fingerprint density at radius 1 is 1.14 bits per heavy atom. The zero-order valence-corrected chi connectivity index (χ0v) is 16.4. The summed E-state index contributed by atoms with van der Waals surface area (Å²) in [5.74, 6) is -1.48. The molecule has 0 aliphatic heterocycles. The largest absolute Gasteiger partial charge is 0.508 e. The van der Waals surface area contributed by atoms with Crippen LogP contribution in [0.25, 0.3) is 0 Å². The van der Waals surface area contributed by atoms with E-state index in [0.717, 1.165) is 23.0 Å². The number of halogens is 2. The Labute approximate surface area is 169 Å². The Hall–Kier alpha value is -2.97. The summed E-state index contributed by atoms with van der Waals surface area (Å²) in [7, 11) is 0. The van der Waals surface area contributed by atoms with Crippen LogP contribution < -0.4 is 10.6 Å². The molecule has 0 fully saturated rings. The molecule has 6 nitrogen and oxygen atoms in total. The Kier molecular flexibility index (Phi) is 5.62. The van der Waals surface area contributed by atoms with Crippen molar-refractivity contribution in [2.45, 2.75) is 13.8 Å². The third-order valence-electron chi connectivity index (χ3n) is 4.02. The molecular weight excluding hydrogens is 405 g/mol. The summed E-state index contributed by atoms with van der Waals surface area (Å²) in [6.45, 7) is 3.51. The van der Waals surface area contributed by atoms with Crippen LogP contribution in [0.5, 0.6) is 5.75 Å². The highest BCUT2D eigenvalue weighted by Gasteiger charge is 2.16. The lowest BCUT2D eigenvalue weighted by Crippen LogP contribution is -2.12. The van der Waals surface area contributed by atoms with E-state index in [1.54, 1.807) is 19.1 Å². The van der Waals surface area contributed by atoms with Gasteiger partial charge in [-0.3, -0.25) is 14.9 Å². The van der Waals surface area contributed by atoms with Crippen molar-refractivity contribution in [3.8, 4) is 5.75 Å². The maximum absolute atomic E-state index is 13.2. The number of aromatic nitrogens is 1. The molecular formula is C19H15ClFN3O3S. The fraction of sp³-hybridized carbons (Fsp3) is 0.105. The number of phenolic OH excluding ortho intramolecular Hbond substituents is 1. The molecule has 1 heterocycles. The quantitative estimate of drug-likeness (QED) is 0.568. The van der Waals surface area contributed by atoms with Crippen molar-refractivity contribution in [2.24, 2.45) is 0 Å². The van der Waals surface area contributed by atoms with Crippen LogP contribution in [0.4, 0.5) is 15.2 Å². The van der Waals surface area contributed by atoms with E-state index < -0.39 is 17.6 Å². The smallest absolute Gasteiger partial charge is 0.267 e. The van der Waals surface area contributed by atoms with Gasteiger partial charge in [0.1, 0.15) is 16.4 Å². The monoisotopic (exact) mass is 419 g/mol. The van der Waals surface area contributed by atoms with E-state index in [-0.39, 0.29) is 26.3 Å². The molecule has 0 saturated carbocycles. The van der Waals surface area contributed by atoms with Gasteiger partial charge in [0, 0.05) is 11.1 Å². The van der Waals surface area contributed by atoms with Gasteiger partial charge in [-0.1, -0.05) is 29.0 Å². The van der Waals surface area contributed by atoms with Crippen LogP contribution in [-0.4, -0.2) is 21.9 Å². The van der Waals surface area contributed by atoms with Crippen LogP contribution in [0.15, 0.2) is 36.5 Å². The molecule has 0 saturated heterocycles. The average Bonchev–Trinajstić information content (AvgIpc) is 3.12. The summed E-state index contributed by atoms with van der Waals surface area (Å²) >= 11 is 6.66. The highest BCUT2D eigenvalue weighted by molar-refractivity contribution is 7.17. The van der Waals surface area contributed by atoms with Crippen LogP contribution in [-0.2, 0) is 0 Å². The first-order chi connectivity index (χ1) is 13.3. The molecule has 3 rings (SSSR count). The lowest BCUT2D eigenvalue weighted by atomic mass is 10.1. The molecule has 0 bridgehead atoms. The molecule has 28 heavy (non-hydrogen) atoms. The molecule has 0 spiro atoms. The number of anilines is 2. The van der Waals surface area contributed by atoms with Crippen molar-refractivity contribution in [2.75, 3.05) is 10.6 Å². The highest BCUT2D eigenvalue weighted by Crippen LogP contribution is 2.29. The molecule has 0 atom stereocenters. The number of benzene rings is 2. The number of thiazole rings is 1. The predicted octanol–water partition coefficient (Wildman–Crippen LogP) is 4.76. The number of aryl methyl sites for hydroxylation is 1. The van der Waals surface area contributed by atoms with Gasteiger partial charge >= 0.3 is 0 Å². The fourth-order valence-electron chi connectivity index (χ4n) is 2.45. The number of aromatic hydroxyl groups is 1. The minimum atomic E-state index is -0.621. The summed E-state index contributed by atoms with van der Waals surface area (Å²) < 4.78 is 13.2. The Bertz CT molecular complexity index is 1080. The maximum Gasteiger partial charge on any atom is 0.267 e. The van der Waals surface area contributed by atoms with Gasteiger partial charge in [-0.15, -0.1) is 0 Å². The normalized spacial score (nSPS) is 10.6. The van der Waals surface area contributed by atoms with Crippen LogP contribution in [0.2, 0.25) is 5.02 Å². The third-order valence-corrected chi connectivity index (χ3v) is 5.22.